The van der Waals surface area contributed by atoms with Gasteiger partial charge in [-0.25, -0.2) is 10.8 Å². The van der Waals surface area contributed by atoms with Crippen LogP contribution < -0.4 is 24.8 Å². The Kier molecular flexibility index (Phi) is 16.5. The van der Waals surface area contributed by atoms with Crippen LogP contribution in [-0.4, -0.2) is 11.3 Å². The molecule has 300 valence electrons. The quantitative estimate of drug-likeness (QED) is 0.0991. The monoisotopic (exact) mass is 904 g/mol. The maximum Gasteiger partial charge on any atom is -1.00 e. The number of allylic oxidation sites excluding steroid dienone is 4. The fraction of sp³-hybridized carbons (Fsp3) is 0.370. The molecule has 4 aromatic carbocycles. The van der Waals surface area contributed by atoms with E-state index in [-0.39, 0.29) is 46.8 Å². The second-order valence-electron chi connectivity index (χ2n) is 17.2. The molecular weight excluding hydrogens is 857 g/mol. The van der Waals surface area contributed by atoms with E-state index in [1.165, 1.54) is 63.2 Å². The first-order valence-electron chi connectivity index (χ1n) is 18.1. The van der Waals surface area contributed by atoms with Gasteiger partial charge in [0.25, 0.3) is 0 Å². The maximum atomic E-state index is 12.7. The molecule has 4 aromatic rings. The van der Waals surface area contributed by atoms with Crippen LogP contribution in [0.15, 0.2) is 95.7 Å². The van der Waals surface area contributed by atoms with Crippen molar-refractivity contribution in [1.29, 1.82) is 0 Å². The molecule has 0 amide bonds. The first kappa shape index (κ1) is 49.6. The average Bonchev–Trinajstić information content (AvgIpc) is 3.61. The maximum absolute atomic E-state index is 12.7. The predicted molar refractivity (Wildman–Crippen MR) is 210 cm³/mol. The van der Waals surface area contributed by atoms with Gasteiger partial charge in [-0.1, -0.05) is 116 Å². The third kappa shape index (κ3) is 12.7. The summed E-state index contributed by atoms with van der Waals surface area (Å²) >= 11 is 0.729. The molecule has 0 nitrogen and oxygen atoms in total. The summed E-state index contributed by atoms with van der Waals surface area (Å²) in [6, 6.07) is 24.2. The van der Waals surface area contributed by atoms with Crippen molar-refractivity contribution in [3.63, 3.8) is 0 Å². The van der Waals surface area contributed by atoms with Crippen molar-refractivity contribution in [1.82, 2.24) is 0 Å². The van der Waals surface area contributed by atoms with Crippen LogP contribution in [0.4, 0.5) is 26.3 Å². The summed E-state index contributed by atoms with van der Waals surface area (Å²) in [7, 11) is -1.07. The van der Waals surface area contributed by atoms with Gasteiger partial charge in [-0.3, -0.25) is 6.08 Å². The topological polar surface area (TPSA) is 0 Å². The first-order chi connectivity index (χ1) is 24.7. The van der Waals surface area contributed by atoms with Crippen LogP contribution in [0.5, 0.6) is 0 Å². The van der Waals surface area contributed by atoms with Crippen molar-refractivity contribution in [3.05, 3.63) is 152 Å². The molecule has 1 unspecified atom stereocenters. The molecule has 2 aliphatic carbocycles. The number of fused-ring (bicyclic) bond motifs is 3. The number of hydrogen-bond donors (Lipinski definition) is 0. The van der Waals surface area contributed by atoms with Gasteiger partial charge in [-0.15, -0.1) is 5.56 Å². The van der Waals surface area contributed by atoms with Crippen LogP contribution in [0.1, 0.15) is 99.9 Å². The Morgan fingerprint density at radius 2 is 1.16 bits per heavy atom. The van der Waals surface area contributed by atoms with Gasteiger partial charge < -0.3 is 24.8 Å². The number of halogens is 8. The number of rotatable bonds is 3. The summed E-state index contributed by atoms with van der Waals surface area (Å²) in [5.41, 5.74) is 9.06. The summed E-state index contributed by atoms with van der Waals surface area (Å²) in [6.07, 6.45) is -2.14. The molecule has 6 rings (SSSR count). The second kappa shape index (κ2) is 18.6. The van der Waals surface area contributed by atoms with Crippen molar-refractivity contribution in [3.8, 4) is 11.1 Å². The molecule has 56 heavy (non-hydrogen) atoms. The van der Waals surface area contributed by atoms with Gasteiger partial charge >= 0.3 is 137 Å². The molecule has 10 heteroatoms. The number of benzene rings is 4. The number of hydrogen-bond acceptors (Lipinski definition) is 0. The summed E-state index contributed by atoms with van der Waals surface area (Å²) in [6.45, 7) is 25.2. The third-order valence-electron chi connectivity index (χ3n) is 9.56. The Bertz CT molecular complexity index is 1950. The summed E-state index contributed by atoms with van der Waals surface area (Å²) in [4.78, 5) is 0. The molecular formula is C46H50Cl2F6SiZr-2. The van der Waals surface area contributed by atoms with Crippen molar-refractivity contribution in [2.24, 2.45) is 5.92 Å². The summed E-state index contributed by atoms with van der Waals surface area (Å²) in [5.74, 6) is 0.553. The van der Waals surface area contributed by atoms with Gasteiger partial charge in [0.05, 0.1) is 0 Å². The molecule has 0 aromatic heterocycles. The Morgan fingerprint density at radius 1 is 0.679 bits per heavy atom. The second-order valence-corrected chi connectivity index (χ2v) is 23.5. The third-order valence-corrected chi connectivity index (χ3v) is 13.1. The van der Waals surface area contributed by atoms with Crippen molar-refractivity contribution >= 4 is 11.3 Å². The fourth-order valence-corrected chi connectivity index (χ4v) is 9.21. The summed E-state index contributed by atoms with van der Waals surface area (Å²) in [5, 5.41) is 1.60. The van der Waals surface area contributed by atoms with E-state index in [1.807, 2.05) is 0 Å². The Hall–Kier alpha value is -2.51. The Labute approximate surface area is 358 Å². The zero-order valence-corrected chi connectivity index (χ0v) is 38.9. The van der Waals surface area contributed by atoms with Crippen LogP contribution >= 0.6 is 0 Å². The average molecular weight is 907 g/mol. The van der Waals surface area contributed by atoms with E-state index in [0.29, 0.717) is 9.12 Å². The molecule has 0 bridgehead atoms. The molecule has 0 spiro atoms. The fourth-order valence-electron chi connectivity index (χ4n) is 6.50. The van der Waals surface area contributed by atoms with E-state index in [4.69, 9.17) is 0 Å². The normalized spacial score (nSPS) is 15.0. The molecule has 1 atom stereocenters. The minimum Gasteiger partial charge on any atom is -1.00 e. The van der Waals surface area contributed by atoms with Gasteiger partial charge in [-0.2, -0.15) is 35.4 Å². The first-order valence-corrected chi connectivity index (χ1v) is 22.8. The van der Waals surface area contributed by atoms with E-state index in [1.54, 1.807) is 5.20 Å². The molecule has 0 saturated heterocycles. The van der Waals surface area contributed by atoms with E-state index in [0.717, 1.165) is 54.9 Å². The van der Waals surface area contributed by atoms with Crippen molar-refractivity contribution in [2.75, 3.05) is 0 Å². The Morgan fingerprint density at radius 3 is 1.55 bits per heavy atom. The van der Waals surface area contributed by atoms with Gasteiger partial charge in [0.15, 0.2) is 0 Å². The minimum absolute atomic E-state index is 0. The Balaban J connectivity index is 0.000000300. The predicted octanol–water partition coefficient (Wildman–Crippen LogP) is 7.69. The van der Waals surface area contributed by atoms with Gasteiger partial charge in [0, 0.05) is 0 Å². The van der Waals surface area contributed by atoms with E-state index >= 15 is 0 Å². The molecule has 0 heterocycles. The van der Waals surface area contributed by atoms with Crippen LogP contribution in [-0.2, 0) is 53.8 Å². The van der Waals surface area contributed by atoms with Crippen LogP contribution in [0, 0.1) is 18.1 Å². The molecule has 0 aliphatic heterocycles. The van der Waals surface area contributed by atoms with Crippen molar-refractivity contribution < 1.29 is 75.4 Å². The SMILES string of the molecule is CC(C)(C)c1c[c-]c2c(c1)-c1cc(C(C)(C)C)ccc1C2.CC1=[C-]C(C)C=C1[Si](C)(C)C.FC(F)(F)c1cccc([C](=[Zr+2])c2cccc(C(F)(F)F)c2)c1.[Cl-].[Cl-]. The zero-order valence-electron chi connectivity index (χ0n) is 33.9. The van der Waals surface area contributed by atoms with Gasteiger partial charge in [-0.05, 0) is 25.5 Å². The standard InChI is InChI=1S/C21H25.C15H8F6.C10H17Si.2ClH.Zr/c1-20(2,3)16-9-7-14-11-15-8-10-17(21(4,5)6)13-19(15)18(14)12-16;16-14(17,18)12-5-1-3-10(8-12)7-11-4-2-6-13(9-11)15(19,20)21;1-8-6-9(2)10(7-8)11(3,4)5;;;/h7,9-10,12-13H,11H2,1-6H3;1-6,8-9H;7-8H,1-5H3;2*1H;/q-1;;-1;;;+2/p-2. The molecule has 0 radical (unpaired) electrons. The van der Waals surface area contributed by atoms with E-state index in [2.05, 4.69) is 124 Å². The number of alkyl halides is 6. The largest absolute Gasteiger partial charge is 1.00 e. The van der Waals surface area contributed by atoms with Crippen molar-refractivity contribution in [2.45, 2.75) is 105 Å². The van der Waals surface area contributed by atoms with Gasteiger partial charge in [0.2, 0.25) is 0 Å². The van der Waals surface area contributed by atoms with Crippen LogP contribution in [0.2, 0.25) is 19.6 Å². The van der Waals surface area contributed by atoms with Gasteiger partial charge in [0.1, 0.15) is 0 Å². The summed E-state index contributed by atoms with van der Waals surface area (Å²) < 4.78 is 76.7. The van der Waals surface area contributed by atoms with Crippen LogP contribution in [0.25, 0.3) is 11.1 Å². The molecule has 0 N–H and O–H groups in total. The molecule has 0 fully saturated rings. The molecule has 0 saturated carbocycles. The zero-order chi connectivity index (χ0) is 40.6. The minimum atomic E-state index is -4.49. The molecule has 2 aliphatic rings. The smallest absolute Gasteiger partial charge is 1.00 e. The van der Waals surface area contributed by atoms with Crippen LogP contribution in [0.3, 0.4) is 0 Å². The van der Waals surface area contributed by atoms with E-state index < -0.39 is 31.6 Å². The van der Waals surface area contributed by atoms with E-state index in [9.17, 15) is 26.3 Å².